The average molecular weight is 416 g/mol. The zero-order valence-corrected chi connectivity index (χ0v) is 17.9. The molecule has 1 atom stereocenters. The summed E-state index contributed by atoms with van der Waals surface area (Å²) in [7, 11) is 3.42. The average Bonchev–Trinajstić information content (AvgIpc) is 3.41. The van der Waals surface area contributed by atoms with Crippen molar-refractivity contribution in [2.45, 2.75) is 32.0 Å². The van der Waals surface area contributed by atoms with Crippen LogP contribution in [0.3, 0.4) is 0 Å². The molecule has 156 valence electrons. The van der Waals surface area contributed by atoms with Crippen molar-refractivity contribution in [1.82, 2.24) is 14.7 Å². The molecule has 3 amide bonds. The molecule has 0 aliphatic carbocycles. The fourth-order valence-electron chi connectivity index (χ4n) is 3.42. The van der Waals surface area contributed by atoms with Crippen molar-refractivity contribution >= 4 is 23.3 Å². The highest BCUT2D eigenvalue weighted by Crippen LogP contribution is 2.17. The SMILES string of the molecule is CN(C)C(=O)N(CC(=O)N(Cc1ccccc1)Cc1cccs1)C[C@@H]1CCCO1. The van der Waals surface area contributed by atoms with Crippen molar-refractivity contribution < 1.29 is 14.3 Å². The van der Waals surface area contributed by atoms with Gasteiger partial charge in [-0.2, -0.15) is 0 Å². The topological polar surface area (TPSA) is 53.1 Å². The minimum absolute atomic E-state index is 0.00608. The lowest BCUT2D eigenvalue weighted by atomic mass is 10.2. The molecule has 6 nitrogen and oxygen atoms in total. The van der Waals surface area contributed by atoms with Crippen LogP contribution < -0.4 is 0 Å². The van der Waals surface area contributed by atoms with Crippen LogP contribution in [0.5, 0.6) is 0 Å². The first kappa shape index (κ1) is 21.3. The summed E-state index contributed by atoms with van der Waals surface area (Å²) in [6.45, 7) is 2.27. The number of benzene rings is 1. The van der Waals surface area contributed by atoms with Gasteiger partial charge in [-0.3, -0.25) is 4.79 Å². The van der Waals surface area contributed by atoms with Crippen molar-refractivity contribution in [3.05, 3.63) is 58.3 Å². The minimum Gasteiger partial charge on any atom is -0.376 e. The lowest BCUT2D eigenvalue weighted by molar-refractivity contribution is -0.133. The molecule has 3 rings (SSSR count). The van der Waals surface area contributed by atoms with Crippen molar-refractivity contribution in [2.75, 3.05) is 33.8 Å². The minimum atomic E-state index is -0.162. The van der Waals surface area contributed by atoms with Gasteiger partial charge in [-0.1, -0.05) is 36.4 Å². The lowest BCUT2D eigenvalue weighted by Crippen LogP contribution is -2.48. The molecule has 1 aliphatic rings. The molecule has 2 aromatic rings. The largest absolute Gasteiger partial charge is 0.376 e. The van der Waals surface area contributed by atoms with Crippen molar-refractivity contribution in [3.8, 4) is 0 Å². The smallest absolute Gasteiger partial charge is 0.320 e. The van der Waals surface area contributed by atoms with Gasteiger partial charge in [-0.15, -0.1) is 11.3 Å². The number of hydrogen-bond donors (Lipinski definition) is 0. The molecule has 1 aromatic heterocycles. The van der Waals surface area contributed by atoms with Crippen LogP contribution in [-0.4, -0.2) is 66.5 Å². The number of rotatable bonds is 8. The quantitative estimate of drug-likeness (QED) is 0.664. The highest BCUT2D eigenvalue weighted by atomic mass is 32.1. The molecule has 0 saturated carbocycles. The normalized spacial score (nSPS) is 15.9. The molecular formula is C22H29N3O3S. The van der Waals surface area contributed by atoms with Crippen LogP contribution in [-0.2, 0) is 22.6 Å². The Bertz CT molecular complexity index is 774. The zero-order valence-electron chi connectivity index (χ0n) is 17.1. The Labute approximate surface area is 176 Å². The van der Waals surface area contributed by atoms with E-state index in [1.165, 1.54) is 4.90 Å². The van der Waals surface area contributed by atoms with Crippen LogP contribution in [0.4, 0.5) is 4.79 Å². The van der Waals surface area contributed by atoms with E-state index < -0.39 is 0 Å². The molecule has 29 heavy (non-hydrogen) atoms. The van der Waals surface area contributed by atoms with Crippen molar-refractivity contribution in [1.29, 1.82) is 0 Å². The number of amides is 3. The Morgan fingerprint density at radius 2 is 1.86 bits per heavy atom. The monoisotopic (exact) mass is 415 g/mol. The van der Waals surface area contributed by atoms with Gasteiger partial charge in [-0.05, 0) is 29.9 Å². The number of ether oxygens (including phenoxy) is 1. The van der Waals surface area contributed by atoms with E-state index in [1.807, 2.05) is 52.7 Å². The summed E-state index contributed by atoms with van der Waals surface area (Å²) >= 11 is 1.63. The molecule has 0 radical (unpaired) electrons. The van der Waals surface area contributed by atoms with Gasteiger partial charge < -0.3 is 19.4 Å². The van der Waals surface area contributed by atoms with Crippen LogP contribution in [0.2, 0.25) is 0 Å². The van der Waals surface area contributed by atoms with E-state index >= 15 is 0 Å². The van der Waals surface area contributed by atoms with Gasteiger partial charge in [0.15, 0.2) is 0 Å². The van der Waals surface area contributed by atoms with E-state index in [4.69, 9.17) is 4.74 Å². The van der Waals surface area contributed by atoms with Crippen LogP contribution in [0.1, 0.15) is 23.3 Å². The second-order valence-corrected chi connectivity index (χ2v) is 8.54. The van der Waals surface area contributed by atoms with Crippen molar-refractivity contribution in [3.63, 3.8) is 0 Å². The zero-order chi connectivity index (χ0) is 20.6. The third-order valence-electron chi connectivity index (χ3n) is 4.92. The van der Waals surface area contributed by atoms with E-state index in [-0.39, 0.29) is 24.6 Å². The number of nitrogens with zero attached hydrogens (tertiary/aromatic N) is 3. The third-order valence-corrected chi connectivity index (χ3v) is 5.78. The van der Waals surface area contributed by atoms with Crippen molar-refractivity contribution in [2.24, 2.45) is 0 Å². The fourth-order valence-corrected chi connectivity index (χ4v) is 4.14. The fraction of sp³-hybridized carbons (Fsp3) is 0.455. The first-order valence-electron chi connectivity index (χ1n) is 9.95. The molecule has 0 unspecified atom stereocenters. The van der Waals surface area contributed by atoms with Crippen LogP contribution >= 0.6 is 11.3 Å². The summed E-state index contributed by atoms with van der Waals surface area (Å²) < 4.78 is 5.70. The van der Waals surface area contributed by atoms with Gasteiger partial charge >= 0.3 is 6.03 Å². The van der Waals surface area contributed by atoms with E-state index in [0.29, 0.717) is 19.6 Å². The summed E-state index contributed by atoms with van der Waals surface area (Å²) in [4.78, 5) is 32.0. The van der Waals surface area contributed by atoms with Gasteiger partial charge in [0, 0.05) is 38.7 Å². The first-order valence-corrected chi connectivity index (χ1v) is 10.8. The highest BCUT2D eigenvalue weighted by Gasteiger charge is 2.27. The molecule has 2 heterocycles. The summed E-state index contributed by atoms with van der Waals surface area (Å²) in [5.74, 6) is -0.0598. The van der Waals surface area contributed by atoms with Crippen LogP contribution in [0.25, 0.3) is 0 Å². The molecular weight excluding hydrogens is 386 g/mol. The van der Waals surface area contributed by atoms with Gasteiger partial charge in [0.1, 0.15) is 6.54 Å². The molecule has 0 N–H and O–H groups in total. The second kappa shape index (κ2) is 10.4. The van der Waals surface area contributed by atoms with E-state index in [1.54, 1.807) is 30.3 Å². The lowest BCUT2D eigenvalue weighted by Gasteiger charge is -2.30. The second-order valence-electron chi connectivity index (χ2n) is 7.51. The Morgan fingerprint density at radius 1 is 1.07 bits per heavy atom. The van der Waals surface area contributed by atoms with E-state index in [2.05, 4.69) is 0 Å². The van der Waals surface area contributed by atoms with Gasteiger partial charge in [0.05, 0.1) is 12.6 Å². The number of urea groups is 1. The maximum atomic E-state index is 13.3. The summed E-state index contributed by atoms with van der Waals surface area (Å²) in [6.07, 6.45) is 1.93. The summed E-state index contributed by atoms with van der Waals surface area (Å²) in [5.41, 5.74) is 1.07. The van der Waals surface area contributed by atoms with Gasteiger partial charge in [-0.25, -0.2) is 4.79 Å². The maximum absolute atomic E-state index is 13.3. The molecule has 1 saturated heterocycles. The highest BCUT2D eigenvalue weighted by molar-refractivity contribution is 7.09. The number of thiophene rings is 1. The Balaban J connectivity index is 1.73. The summed E-state index contributed by atoms with van der Waals surface area (Å²) in [6, 6.07) is 13.8. The number of carbonyl (C=O) groups is 2. The molecule has 1 aliphatic heterocycles. The number of carbonyl (C=O) groups excluding carboxylic acids is 2. The predicted molar refractivity (Wildman–Crippen MR) is 115 cm³/mol. The molecule has 1 fully saturated rings. The van der Waals surface area contributed by atoms with E-state index in [9.17, 15) is 9.59 Å². The van der Waals surface area contributed by atoms with E-state index in [0.717, 1.165) is 29.9 Å². The predicted octanol–water partition coefficient (Wildman–Crippen LogP) is 3.44. The standard InChI is InChI=1S/C22H29N3O3S/c1-23(2)22(27)25(15-19-10-6-12-28-19)17-21(26)24(16-20-11-7-13-29-20)14-18-8-4-3-5-9-18/h3-5,7-9,11,13,19H,6,10,12,14-17H2,1-2H3/t19-/m0/s1. The van der Waals surface area contributed by atoms with Crippen LogP contribution in [0, 0.1) is 0 Å². The Kier molecular flexibility index (Phi) is 7.66. The summed E-state index contributed by atoms with van der Waals surface area (Å²) in [5, 5.41) is 2.01. The first-order chi connectivity index (χ1) is 14.0. The Hall–Kier alpha value is -2.38. The molecule has 1 aromatic carbocycles. The van der Waals surface area contributed by atoms with Gasteiger partial charge in [0.25, 0.3) is 0 Å². The molecule has 7 heteroatoms. The Morgan fingerprint density at radius 3 is 2.48 bits per heavy atom. The molecule has 0 bridgehead atoms. The third kappa shape index (κ3) is 6.30. The molecule has 0 spiro atoms. The maximum Gasteiger partial charge on any atom is 0.320 e. The van der Waals surface area contributed by atoms with Crippen LogP contribution in [0.15, 0.2) is 47.8 Å². The number of hydrogen-bond acceptors (Lipinski definition) is 4. The van der Waals surface area contributed by atoms with Gasteiger partial charge in [0.2, 0.25) is 5.91 Å².